The summed E-state index contributed by atoms with van der Waals surface area (Å²) in [5.74, 6) is 0.930. The van der Waals surface area contributed by atoms with E-state index < -0.39 is 0 Å². The topological polar surface area (TPSA) is 102 Å². The largest absolute Gasteiger partial charge is 0.507 e. The summed E-state index contributed by atoms with van der Waals surface area (Å²) in [5.41, 5.74) is 19.9. The third-order valence-corrected chi connectivity index (χ3v) is 4.22. The molecule has 0 saturated carbocycles. The molecule has 1 aromatic carbocycles. The van der Waals surface area contributed by atoms with Gasteiger partial charge in [0.05, 0.1) is 5.70 Å². The second-order valence-corrected chi connectivity index (χ2v) is 6.65. The number of hydrogen-bond donors (Lipinski definition) is 4. The molecule has 0 aliphatic heterocycles. The van der Waals surface area contributed by atoms with Crippen molar-refractivity contribution in [3.8, 4) is 5.75 Å². The van der Waals surface area contributed by atoms with Crippen molar-refractivity contribution in [1.29, 1.82) is 0 Å². The predicted molar refractivity (Wildman–Crippen MR) is 106 cm³/mol. The van der Waals surface area contributed by atoms with Crippen molar-refractivity contribution >= 4 is 5.70 Å². The highest BCUT2D eigenvalue weighted by molar-refractivity contribution is 5.69. The third-order valence-electron chi connectivity index (χ3n) is 4.22. The van der Waals surface area contributed by atoms with Crippen molar-refractivity contribution in [3.05, 3.63) is 47.4 Å². The van der Waals surface area contributed by atoms with E-state index in [1.807, 2.05) is 6.07 Å². The molecule has 1 aromatic rings. The Bertz CT molecular complexity index is 591. The second kappa shape index (κ2) is 10.5. The van der Waals surface area contributed by atoms with Crippen molar-refractivity contribution in [2.24, 2.45) is 23.1 Å². The number of unbranched alkanes of at least 4 members (excludes halogenated alkanes) is 1. The molecule has 0 amide bonds. The summed E-state index contributed by atoms with van der Waals surface area (Å²) in [5, 5.41) is 10.0. The first-order chi connectivity index (χ1) is 11.9. The quantitative estimate of drug-likeness (QED) is 0.487. The molecule has 0 aromatic heterocycles. The van der Waals surface area contributed by atoms with Crippen molar-refractivity contribution in [1.82, 2.24) is 4.90 Å². The summed E-state index contributed by atoms with van der Waals surface area (Å²) in [7, 11) is 0. The number of nitrogens with zero attached hydrogens (tertiary/aromatic N) is 1. The molecule has 25 heavy (non-hydrogen) atoms. The number of nitrogens with two attached hydrogens (primary N) is 3. The van der Waals surface area contributed by atoms with Gasteiger partial charge in [-0.1, -0.05) is 45.7 Å². The van der Waals surface area contributed by atoms with E-state index in [-0.39, 0.29) is 11.6 Å². The number of hydrogen-bond acceptors (Lipinski definition) is 5. The fourth-order valence-electron chi connectivity index (χ4n) is 2.90. The van der Waals surface area contributed by atoms with Gasteiger partial charge in [0.1, 0.15) is 11.6 Å². The molecule has 1 rings (SSSR count). The molecular formula is C20H34N4O. The van der Waals surface area contributed by atoms with E-state index in [1.165, 1.54) is 19.3 Å². The van der Waals surface area contributed by atoms with Crippen LogP contribution in [0.3, 0.4) is 0 Å². The number of phenols is 1. The van der Waals surface area contributed by atoms with Crippen LogP contribution in [0.1, 0.15) is 52.0 Å². The van der Waals surface area contributed by atoms with Gasteiger partial charge >= 0.3 is 0 Å². The van der Waals surface area contributed by atoms with E-state index in [0.717, 1.165) is 25.2 Å². The van der Waals surface area contributed by atoms with Crippen LogP contribution in [0.4, 0.5) is 0 Å². The molecule has 5 nitrogen and oxygen atoms in total. The van der Waals surface area contributed by atoms with Gasteiger partial charge in [-0.3, -0.25) is 0 Å². The Labute approximate surface area is 152 Å². The van der Waals surface area contributed by atoms with Crippen molar-refractivity contribution in [3.63, 3.8) is 0 Å². The molecular weight excluding hydrogens is 312 g/mol. The lowest BCUT2D eigenvalue weighted by atomic mass is 10.0. The van der Waals surface area contributed by atoms with Crippen molar-refractivity contribution in [2.45, 2.75) is 46.5 Å². The zero-order valence-corrected chi connectivity index (χ0v) is 15.8. The van der Waals surface area contributed by atoms with E-state index in [2.05, 4.69) is 25.7 Å². The van der Waals surface area contributed by atoms with Gasteiger partial charge in [-0.25, -0.2) is 0 Å². The summed E-state index contributed by atoms with van der Waals surface area (Å²) in [6.45, 7) is 8.32. The van der Waals surface area contributed by atoms with E-state index in [0.29, 0.717) is 17.2 Å². The number of aromatic hydroxyl groups is 1. The first kappa shape index (κ1) is 20.7. The van der Waals surface area contributed by atoms with Crippen LogP contribution < -0.4 is 17.2 Å². The fourth-order valence-corrected chi connectivity index (χ4v) is 2.90. The lowest BCUT2D eigenvalue weighted by Gasteiger charge is -2.29. The highest BCUT2D eigenvalue weighted by Crippen LogP contribution is 2.24. The molecule has 1 atom stereocenters. The first-order valence-electron chi connectivity index (χ1n) is 9.16. The monoisotopic (exact) mass is 346 g/mol. The average molecular weight is 347 g/mol. The SMILES string of the molecule is CCCCC(C)CN(CCC)C(/C=C(\N)c1ccccc1O)=C(N)N. The van der Waals surface area contributed by atoms with Gasteiger partial charge in [-0.15, -0.1) is 0 Å². The highest BCUT2D eigenvalue weighted by atomic mass is 16.3. The zero-order valence-electron chi connectivity index (χ0n) is 15.8. The van der Waals surface area contributed by atoms with Crippen LogP contribution >= 0.6 is 0 Å². The molecule has 1 unspecified atom stereocenters. The van der Waals surface area contributed by atoms with Crippen LogP contribution in [0.15, 0.2) is 41.9 Å². The maximum Gasteiger partial charge on any atom is 0.124 e. The Morgan fingerprint density at radius 2 is 1.84 bits per heavy atom. The molecule has 0 fully saturated rings. The lowest BCUT2D eigenvalue weighted by Crippen LogP contribution is -2.32. The Hall–Kier alpha value is -2.30. The van der Waals surface area contributed by atoms with Crippen LogP contribution in [0, 0.1) is 5.92 Å². The summed E-state index contributed by atoms with van der Waals surface area (Å²) >= 11 is 0. The Kier molecular flexibility index (Phi) is 8.75. The molecule has 0 heterocycles. The molecule has 5 heteroatoms. The molecule has 0 bridgehead atoms. The summed E-state index contributed by atoms with van der Waals surface area (Å²) in [4.78, 5) is 2.20. The van der Waals surface area contributed by atoms with Gasteiger partial charge < -0.3 is 27.2 Å². The van der Waals surface area contributed by atoms with Gasteiger partial charge in [0.2, 0.25) is 0 Å². The predicted octanol–water partition coefficient (Wildman–Crippen LogP) is 3.32. The van der Waals surface area contributed by atoms with Crippen molar-refractivity contribution in [2.75, 3.05) is 13.1 Å². The van der Waals surface area contributed by atoms with E-state index in [4.69, 9.17) is 17.2 Å². The molecule has 0 spiro atoms. The molecule has 0 radical (unpaired) electrons. The number of rotatable bonds is 10. The lowest BCUT2D eigenvalue weighted by molar-refractivity contribution is 0.288. The minimum Gasteiger partial charge on any atom is -0.507 e. The van der Waals surface area contributed by atoms with E-state index in [1.54, 1.807) is 24.3 Å². The maximum atomic E-state index is 10.0. The molecule has 0 aliphatic rings. The van der Waals surface area contributed by atoms with E-state index in [9.17, 15) is 5.11 Å². The molecule has 0 aliphatic carbocycles. The summed E-state index contributed by atoms with van der Waals surface area (Å²) in [6, 6.07) is 6.99. The Morgan fingerprint density at radius 3 is 2.40 bits per heavy atom. The Balaban J connectivity index is 3.08. The zero-order chi connectivity index (χ0) is 18.8. The van der Waals surface area contributed by atoms with Crippen LogP contribution in [-0.2, 0) is 0 Å². The molecule has 7 N–H and O–H groups in total. The minimum absolute atomic E-state index is 0.143. The number of benzene rings is 1. The van der Waals surface area contributed by atoms with Gasteiger partial charge in [0.15, 0.2) is 0 Å². The normalized spacial score (nSPS) is 12.7. The van der Waals surface area contributed by atoms with Gasteiger partial charge in [0.25, 0.3) is 0 Å². The highest BCUT2D eigenvalue weighted by Gasteiger charge is 2.15. The molecule has 140 valence electrons. The van der Waals surface area contributed by atoms with Crippen LogP contribution in [0.2, 0.25) is 0 Å². The number of para-hydroxylation sites is 1. The van der Waals surface area contributed by atoms with Crippen LogP contribution in [0.5, 0.6) is 5.75 Å². The average Bonchev–Trinajstić information content (AvgIpc) is 2.57. The van der Waals surface area contributed by atoms with Crippen LogP contribution in [-0.4, -0.2) is 23.1 Å². The fraction of sp³-hybridized carbons (Fsp3) is 0.500. The second-order valence-electron chi connectivity index (χ2n) is 6.65. The minimum atomic E-state index is 0.143. The number of phenolic OH excluding ortho intramolecular Hbond substituents is 1. The Morgan fingerprint density at radius 1 is 1.16 bits per heavy atom. The van der Waals surface area contributed by atoms with Gasteiger partial charge in [-0.2, -0.15) is 0 Å². The van der Waals surface area contributed by atoms with Crippen LogP contribution in [0.25, 0.3) is 5.70 Å². The molecule has 0 saturated heterocycles. The first-order valence-corrected chi connectivity index (χ1v) is 9.16. The summed E-state index contributed by atoms with van der Waals surface area (Å²) < 4.78 is 0. The number of allylic oxidation sites excluding steroid dienone is 1. The standard InChI is InChI=1S/C20H34N4O/c1-4-6-9-15(3)14-24(12-5-2)18(20(22)23)13-17(21)16-10-7-8-11-19(16)25/h7-8,10-11,13,15,25H,4-6,9,12,14,21-23H2,1-3H3/b17-13-. The summed E-state index contributed by atoms with van der Waals surface area (Å²) in [6.07, 6.45) is 6.34. The smallest absolute Gasteiger partial charge is 0.124 e. The third kappa shape index (κ3) is 6.61. The van der Waals surface area contributed by atoms with E-state index >= 15 is 0 Å². The van der Waals surface area contributed by atoms with Gasteiger partial charge in [0, 0.05) is 24.4 Å². The maximum absolute atomic E-state index is 10.0. The van der Waals surface area contributed by atoms with Gasteiger partial charge in [-0.05, 0) is 37.0 Å². The van der Waals surface area contributed by atoms with Crippen molar-refractivity contribution < 1.29 is 5.11 Å².